The third-order valence-corrected chi connectivity index (χ3v) is 7.18. The molecule has 0 spiro atoms. The van der Waals surface area contributed by atoms with Crippen molar-refractivity contribution in [3.05, 3.63) is 63.1 Å². The first kappa shape index (κ1) is 19.4. The number of hydrogen-bond donors (Lipinski definition) is 0. The number of amides is 1. The van der Waals surface area contributed by atoms with Crippen LogP contribution in [-0.2, 0) is 28.9 Å². The quantitative estimate of drug-likeness (QED) is 0.701. The van der Waals surface area contributed by atoms with Crippen LogP contribution in [-0.4, -0.2) is 34.7 Å². The minimum atomic E-state index is 0.190. The molecule has 1 atom stereocenters. The molecule has 5 rings (SSSR count). The van der Waals surface area contributed by atoms with Crippen LogP contribution in [0.25, 0.3) is 11.6 Å². The van der Waals surface area contributed by atoms with Crippen LogP contribution in [0, 0.1) is 11.8 Å². The zero-order chi connectivity index (χ0) is 20.7. The molecule has 1 fully saturated rings. The van der Waals surface area contributed by atoms with E-state index in [1.165, 1.54) is 16.7 Å². The molecule has 2 aliphatic carbocycles. The van der Waals surface area contributed by atoms with Crippen molar-refractivity contribution in [2.75, 3.05) is 13.1 Å². The summed E-state index contributed by atoms with van der Waals surface area (Å²) in [5.74, 6) is 1.03. The first-order chi connectivity index (χ1) is 14.6. The van der Waals surface area contributed by atoms with Gasteiger partial charge in [-0.05, 0) is 47.4 Å². The molecule has 1 amide bonds. The van der Waals surface area contributed by atoms with Crippen LogP contribution < -0.4 is 0 Å². The predicted molar refractivity (Wildman–Crippen MR) is 120 cm³/mol. The van der Waals surface area contributed by atoms with E-state index in [1.54, 1.807) is 11.3 Å². The number of allylic oxidation sites excluding steroid dienone is 1. The Labute approximate surface area is 181 Å². The van der Waals surface area contributed by atoms with Crippen molar-refractivity contribution >= 4 is 34.7 Å². The Bertz CT molecular complexity index is 1050. The maximum Gasteiger partial charge on any atom is 0.228 e. The van der Waals surface area contributed by atoms with Gasteiger partial charge in [-0.15, -0.1) is 11.3 Å². The van der Waals surface area contributed by atoms with Crippen molar-refractivity contribution in [3.63, 3.8) is 0 Å². The van der Waals surface area contributed by atoms with Gasteiger partial charge >= 0.3 is 0 Å². The third kappa shape index (κ3) is 3.91. The average Bonchev–Trinajstić information content (AvgIpc) is 3.26. The summed E-state index contributed by atoms with van der Waals surface area (Å²) < 4.78 is 0. The fraction of sp³-hybridized carbons (Fsp3) is 0.400. The number of ketones is 1. The fourth-order valence-electron chi connectivity index (χ4n) is 4.52. The predicted octanol–water partition coefficient (Wildman–Crippen LogP) is 4.34. The number of rotatable bonds is 6. The van der Waals surface area contributed by atoms with Crippen LogP contribution >= 0.6 is 11.3 Å². The van der Waals surface area contributed by atoms with E-state index in [4.69, 9.17) is 4.98 Å². The molecule has 0 radical (unpaired) electrons. The summed E-state index contributed by atoms with van der Waals surface area (Å²) in [5, 5.41) is 2.02. The summed E-state index contributed by atoms with van der Waals surface area (Å²) >= 11 is 1.63. The number of thiophene rings is 1. The first-order valence-electron chi connectivity index (χ1n) is 10.8. The van der Waals surface area contributed by atoms with Crippen LogP contribution in [0.2, 0.25) is 0 Å². The van der Waals surface area contributed by atoms with Crippen molar-refractivity contribution in [3.8, 4) is 0 Å². The fourth-order valence-corrected chi connectivity index (χ4v) is 5.22. The molecule has 0 saturated heterocycles. The largest absolute Gasteiger partial charge is 0.338 e. The van der Waals surface area contributed by atoms with Gasteiger partial charge in [0, 0.05) is 48.0 Å². The number of hydrogen-bond acceptors (Lipinski definition) is 4. The highest BCUT2D eigenvalue weighted by Gasteiger charge is 2.31. The van der Waals surface area contributed by atoms with E-state index in [1.807, 2.05) is 22.4 Å². The SMILES string of the molecule is CC1CN(C(=O)Cc2cccs2)CC=C1c1cc(CC(=O)C2CC2)nc2c1C=CC2. The molecule has 4 nitrogen and oxygen atoms in total. The molecular weight excluding hydrogens is 392 g/mol. The Hall–Kier alpha value is -2.53. The van der Waals surface area contributed by atoms with E-state index in [-0.39, 0.29) is 17.7 Å². The Morgan fingerprint density at radius 3 is 2.87 bits per heavy atom. The summed E-state index contributed by atoms with van der Waals surface area (Å²) in [4.78, 5) is 33.0. The van der Waals surface area contributed by atoms with E-state index in [9.17, 15) is 9.59 Å². The molecule has 0 aromatic carbocycles. The molecule has 1 aliphatic heterocycles. The lowest BCUT2D eigenvalue weighted by atomic mass is 9.87. The molecule has 5 heteroatoms. The smallest absolute Gasteiger partial charge is 0.228 e. The van der Waals surface area contributed by atoms with E-state index < -0.39 is 0 Å². The van der Waals surface area contributed by atoms with Crippen LogP contribution in [0.5, 0.6) is 0 Å². The van der Waals surface area contributed by atoms with E-state index in [0.717, 1.165) is 42.1 Å². The topological polar surface area (TPSA) is 50.3 Å². The molecule has 0 bridgehead atoms. The second-order valence-electron chi connectivity index (χ2n) is 8.66. The second-order valence-corrected chi connectivity index (χ2v) is 9.69. The van der Waals surface area contributed by atoms with Gasteiger partial charge in [-0.3, -0.25) is 14.6 Å². The molecular formula is C25H26N2O2S. The zero-order valence-corrected chi connectivity index (χ0v) is 18.1. The van der Waals surface area contributed by atoms with Gasteiger partial charge in [0.05, 0.1) is 12.1 Å². The number of Topliss-reactive ketones (excluding diaryl/α,β-unsaturated/α-hetero) is 1. The van der Waals surface area contributed by atoms with Crippen molar-refractivity contribution in [2.45, 2.75) is 39.0 Å². The molecule has 1 unspecified atom stereocenters. The van der Waals surface area contributed by atoms with Crippen molar-refractivity contribution < 1.29 is 9.59 Å². The number of fused-ring (bicyclic) bond motifs is 1. The molecule has 30 heavy (non-hydrogen) atoms. The maximum atomic E-state index is 12.7. The molecule has 2 aromatic heterocycles. The summed E-state index contributed by atoms with van der Waals surface area (Å²) in [5.41, 5.74) is 5.64. The molecule has 154 valence electrons. The molecule has 3 heterocycles. The maximum absolute atomic E-state index is 12.7. The minimum absolute atomic E-state index is 0.190. The minimum Gasteiger partial charge on any atom is -0.338 e. The van der Waals surface area contributed by atoms with Crippen molar-refractivity contribution in [1.29, 1.82) is 0 Å². The van der Waals surface area contributed by atoms with Gasteiger partial charge in [0.25, 0.3) is 0 Å². The van der Waals surface area contributed by atoms with Crippen LogP contribution in [0.1, 0.15) is 47.2 Å². The monoisotopic (exact) mass is 418 g/mol. The highest BCUT2D eigenvalue weighted by atomic mass is 32.1. The lowest BCUT2D eigenvalue weighted by molar-refractivity contribution is -0.130. The average molecular weight is 419 g/mol. The van der Waals surface area contributed by atoms with Crippen molar-refractivity contribution in [2.24, 2.45) is 11.8 Å². The summed E-state index contributed by atoms with van der Waals surface area (Å²) in [6.07, 6.45) is 10.3. The third-order valence-electron chi connectivity index (χ3n) is 6.30. The molecule has 3 aliphatic rings. The number of aromatic nitrogens is 1. The Morgan fingerprint density at radius 1 is 1.27 bits per heavy atom. The summed E-state index contributed by atoms with van der Waals surface area (Å²) in [6.45, 7) is 3.56. The van der Waals surface area contributed by atoms with Gasteiger partial charge in [0.1, 0.15) is 5.78 Å². The Kier molecular flexibility index (Phi) is 5.15. The zero-order valence-electron chi connectivity index (χ0n) is 17.3. The van der Waals surface area contributed by atoms with E-state index in [2.05, 4.69) is 31.2 Å². The highest BCUT2D eigenvalue weighted by molar-refractivity contribution is 7.10. The molecule has 2 aromatic rings. The summed E-state index contributed by atoms with van der Waals surface area (Å²) in [6, 6.07) is 6.14. The number of carbonyl (C=O) groups excluding carboxylic acids is 2. The van der Waals surface area contributed by atoms with E-state index in [0.29, 0.717) is 25.2 Å². The lowest BCUT2D eigenvalue weighted by Crippen LogP contribution is -2.39. The highest BCUT2D eigenvalue weighted by Crippen LogP contribution is 2.36. The first-order valence-corrected chi connectivity index (χ1v) is 11.7. The summed E-state index contributed by atoms with van der Waals surface area (Å²) in [7, 11) is 0. The van der Waals surface area contributed by atoms with Gasteiger partial charge in [0.2, 0.25) is 5.91 Å². The second kappa shape index (κ2) is 7.95. The van der Waals surface area contributed by atoms with Crippen molar-refractivity contribution in [1.82, 2.24) is 9.88 Å². The van der Waals surface area contributed by atoms with Gasteiger partial charge in [-0.2, -0.15) is 0 Å². The number of nitrogens with zero attached hydrogens (tertiary/aromatic N) is 2. The molecule has 1 saturated carbocycles. The van der Waals surface area contributed by atoms with Gasteiger partial charge < -0.3 is 4.90 Å². The lowest BCUT2D eigenvalue weighted by Gasteiger charge is -2.32. The standard InChI is InChI=1S/C25H26N2O2S/c1-16-15-27(25(29)14-19-4-3-11-30-19)10-9-20(16)22-12-18(13-24(28)17-7-8-17)26-23-6-2-5-21(22)23/h2-5,9,11-12,16-17H,6-8,10,13-15H2,1H3. The number of carbonyl (C=O) groups is 2. The van der Waals surface area contributed by atoms with E-state index >= 15 is 0 Å². The normalized spacial score (nSPS) is 20.2. The Balaban J connectivity index is 1.38. The number of pyridine rings is 1. The van der Waals surface area contributed by atoms with Gasteiger partial charge in [-0.25, -0.2) is 0 Å². The van der Waals surface area contributed by atoms with Crippen LogP contribution in [0.3, 0.4) is 0 Å². The Morgan fingerprint density at radius 2 is 2.13 bits per heavy atom. The van der Waals surface area contributed by atoms with Gasteiger partial charge in [0.15, 0.2) is 0 Å². The van der Waals surface area contributed by atoms with Crippen LogP contribution in [0.15, 0.2) is 35.7 Å². The van der Waals surface area contributed by atoms with Gasteiger partial charge in [-0.1, -0.05) is 31.2 Å². The molecule has 0 N–H and O–H groups in total. The van der Waals surface area contributed by atoms with Crippen LogP contribution in [0.4, 0.5) is 0 Å².